The summed E-state index contributed by atoms with van der Waals surface area (Å²) in [6.07, 6.45) is 2.92. The molecule has 29 heavy (non-hydrogen) atoms. The first-order valence-electron chi connectivity index (χ1n) is 8.96. The molecule has 7 heteroatoms. The number of H-pyrrole nitrogens is 1. The minimum atomic E-state index is -0.685. The van der Waals surface area contributed by atoms with E-state index in [9.17, 15) is 4.79 Å². The van der Waals surface area contributed by atoms with Crippen molar-refractivity contribution >= 4 is 28.8 Å². The van der Waals surface area contributed by atoms with Gasteiger partial charge in [-0.2, -0.15) is 0 Å². The number of pyridine rings is 1. The van der Waals surface area contributed by atoms with Crippen molar-refractivity contribution in [2.45, 2.75) is 6.61 Å². The van der Waals surface area contributed by atoms with E-state index in [0.29, 0.717) is 23.5 Å². The minimum Gasteiger partial charge on any atom is -0.488 e. The van der Waals surface area contributed by atoms with Crippen LogP contribution in [0.5, 0.6) is 5.75 Å². The number of nitrogens with zero attached hydrogens (tertiary/aromatic N) is 1. The summed E-state index contributed by atoms with van der Waals surface area (Å²) in [6, 6.07) is 17.1. The number of hydrogen-bond donors (Lipinski definition) is 4. The van der Waals surface area contributed by atoms with Gasteiger partial charge in [-0.1, -0.05) is 36.4 Å². The monoisotopic (exact) mass is 385 g/mol. The predicted molar refractivity (Wildman–Crippen MR) is 113 cm³/mol. The van der Waals surface area contributed by atoms with Gasteiger partial charge in [-0.3, -0.25) is 4.79 Å². The number of anilines is 1. The van der Waals surface area contributed by atoms with Crippen LogP contribution in [-0.2, 0) is 6.61 Å². The van der Waals surface area contributed by atoms with Gasteiger partial charge in [0.1, 0.15) is 23.9 Å². The Hall–Kier alpha value is -4.13. The Labute approximate surface area is 166 Å². The maximum absolute atomic E-state index is 11.7. The molecule has 0 radical (unpaired) electrons. The number of nitrogen functional groups attached to an aromatic ring is 1. The second-order valence-electron chi connectivity index (χ2n) is 6.52. The molecule has 0 unspecified atom stereocenters. The minimum absolute atomic E-state index is 0.0418. The molecule has 7 nitrogen and oxygen atoms in total. The van der Waals surface area contributed by atoms with Crippen molar-refractivity contribution in [2.75, 3.05) is 5.73 Å². The van der Waals surface area contributed by atoms with Gasteiger partial charge in [-0.25, -0.2) is 4.98 Å². The molecule has 2 aromatic heterocycles. The van der Waals surface area contributed by atoms with Crippen molar-refractivity contribution in [3.8, 4) is 16.9 Å². The van der Waals surface area contributed by atoms with Gasteiger partial charge in [0.2, 0.25) is 0 Å². The number of nitrogens with one attached hydrogen (secondary N) is 2. The largest absolute Gasteiger partial charge is 0.488 e. The number of amides is 1. The number of fused-ring (bicyclic) bond motifs is 1. The lowest BCUT2D eigenvalue weighted by Crippen LogP contribution is -2.15. The molecule has 144 valence electrons. The Bertz CT molecular complexity index is 1210. The van der Waals surface area contributed by atoms with E-state index in [1.807, 2.05) is 48.5 Å². The summed E-state index contributed by atoms with van der Waals surface area (Å²) < 4.78 is 6.09. The van der Waals surface area contributed by atoms with E-state index in [2.05, 4.69) is 9.97 Å². The summed E-state index contributed by atoms with van der Waals surface area (Å²) in [5.74, 6) is 0.0627. The molecule has 1 amide bonds. The number of carbonyl (C=O) groups is 1. The van der Waals surface area contributed by atoms with Crippen LogP contribution in [0.1, 0.15) is 21.6 Å². The van der Waals surface area contributed by atoms with E-state index in [4.69, 9.17) is 21.6 Å². The molecule has 0 aliphatic heterocycles. The molecule has 4 rings (SSSR count). The van der Waals surface area contributed by atoms with Crippen LogP contribution in [-0.4, -0.2) is 22.1 Å². The van der Waals surface area contributed by atoms with Crippen LogP contribution >= 0.6 is 0 Å². The molecule has 0 aliphatic rings. The van der Waals surface area contributed by atoms with Crippen LogP contribution in [0.3, 0.4) is 0 Å². The normalized spacial score (nSPS) is 10.8. The summed E-state index contributed by atoms with van der Waals surface area (Å²) in [5, 5.41) is 8.58. The lowest BCUT2D eigenvalue weighted by atomic mass is 9.99. The molecule has 0 atom stereocenters. The Morgan fingerprint density at radius 3 is 2.66 bits per heavy atom. The van der Waals surface area contributed by atoms with Crippen molar-refractivity contribution in [3.05, 3.63) is 77.6 Å². The molecule has 0 saturated carbocycles. The van der Waals surface area contributed by atoms with E-state index in [1.165, 1.54) is 0 Å². The highest BCUT2D eigenvalue weighted by molar-refractivity contribution is 6.06. The Morgan fingerprint density at radius 1 is 1.14 bits per heavy atom. The van der Waals surface area contributed by atoms with Crippen LogP contribution in [0.4, 0.5) is 5.82 Å². The quantitative estimate of drug-likeness (QED) is 0.378. The van der Waals surface area contributed by atoms with Gasteiger partial charge in [0, 0.05) is 34.4 Å². The Balaban J connectivity index is 1.85. The summed E-state index contributed by atoms with van der Waals surface area (Å²) >= 11 is 0. The zero-order chi connectivity index (χ0) is 20.4. The lowest BCUT2D eigenvalue weighted by molar-refractivity contribution is 0.0995. The molecule has 0 bridgehead atoms. The van der Waals surface area contributed by atoms with Gasteiger partial charge < -0.3 is 26.6 Å². The van der Waals surface area contributed by atoms with Gasteiger partial charge in [0.05, 0.1) is 0 Å². The summed E-state index contributed by atoms with van der Waals surface area (Å²) in [6.45, 7) is 0.410. The highest BCUT2D eigenvalue weighted by Gasteiger charge is 2.18. The summed E-state index contributed by atoms with van der Waals surface area (Å²) in [5.41, 5.74) is 15.1. The number of ether oxygens (including phenoxy) is 1. The summed E-state index contributed by atoms with van der Waals surface area (Å²) in [4.78, 5) is 18.9. The fraction of sp³-hybridized carbons (Fsp3) is 0.0455. The third-order valence-corrected chi connectivity index (χ3v) is 4.68. The van der Waals surface area contributed by atoms with Gasteiger partial charge >= 0.3 is 0 Å². The number of carbonyl (C=O) groups excluding carboxylic acids is 1. The average molecular weight is 385 g/mol. The first kappa shape index (κ1) is 18.2. The van der Waals surface area contributed by atoms with Gasteiger partial charge in [0.15, 0.2) is 0 Å². The van der Waals surface area contributed by atoms with Crippen LogP contribution in [0.2, 0.25) is 0 Å². The van der Waals surface area contributed by atoms with Crippen molar-refractivity contribution in [3.63, 3.8) is 0 Å². The van der Waals surface area contributed by atoms with Gasteiger partial charge in [-0.15, -0.1) is 0 Å². The van der Waals surface area contributed by atoms with Crippen molar-refractivity contribution in [1.29, 1.82) is 5.41 Å². The Kier molecular flexibility index (Phi) is 4.70. The van der Waals surface area contributed by atoms with E-state index >= 15 is 0 Å². The summed E-state index contributed by atoms with van der Waals surface area (Å²) in [7, 11) is 0. The molecule has 2 aromatic carbocycles. The zero-order valence-electron chi connectivity index (χ0n) is 15.5. The van der Waals surface area contributed by atoms with E-state index < -0.39 is 5.91 Å². The topological polar surface area (TPSA) is 131 Å². The average Bonchev–Trinajstić information content (AvgIpc) is 3.17. The second kappa shape index (κ2) is 7.47. The van der Waals surface area contributed by atoms with Crippen LogP contribution in [0.25, 0.3) is 22.0 Å². The fourth-order valence-corrected chi connectivity index (χ4v) is 3.29. The number of aromatic nitrogens is 2. The fourth-order valence-electron chi connectivity index (χ4n) is 3.29. The SMILES string of the molecule is N=Cc1c(-c2c[nH]c3cccc(OCc4ccccc4)c23)cc(C(N)=O)nc1N. The lowest BCUT2D eigenvalue weighted by Gasteiger charge is -2.12. The van der Waals surface area contributed by atoms with E-state index in [-0.39, 0.29) is 11.5 Å². The third-order valence-electron chi connectivity index (χ3n) is 4.68. The molecule has 0 fully saturated rings. The molecule has 0 saturated heterocycles. The van der Waals surface area contributed by atoms with E-state index in [0.717, 1.165) is 28.2 Å². The van der Waals surface area contributed by atoms with Crippen LogP contribution < -0.4 is 16.2 Å². The highest BCUT2D eigenvalue weighted by Crippen LogP contribution is 2.38. The first-order chi connectivity index (χ1) is 14.1. The van der Waals surface area contributed by atoms with Crippen molar-refractivity contribution in [2.24, 2.45) is 5.73 Å². The molecule has 0 spiro atoms. The van der Waals surface area contributed by atoms with E-state index in [1.54, 1.807) is 12.3 Å². The molecule has 4 aromatic rings. The molecule has 2 heterocycles. The smallest absolute Gasteiger partial charge is 0.267 e. The number of rotatable bonds is 6. The van der Waals surface area contributed by atoms with Crippen molar-refractivity contribution < 1.29 is 9.53 Å². The van der Waals surface area contributed by atoms with Crippen molar-refractivity contribution in [1.82, 2.24) is 9.97 Å². The predicted octanol–water partition coefficient (Wildman–Crippen LogP) is 3.49. The maximum atomic E-state index is 11.7. The highest BCUT2D eigenvalue weighted by atomic mass is 16.5. The standard InChI is InChI=1S/C22H19N5O2/c23-10-15-14(9-18(22(25)28)27-21(15)24)16-11-26-17-7-4-8-19(20(16)17)29-12-13-5-2-1-3-6-13/h1-11,23,26H,12H2,(H2,24,27)(H2,25,28). The van der Waals surface area contributed by atoms with Gasteiger partial charge in [0.25, 0.3) is 5.91 Å². The number of nitrogens with two attached hydrogens (primary N) is 2. The number of primary amides is 1. The third kappa shape index (κ3) is 3.41. The number of aromatic amines is 1. The molecule has 6 N–H and O–H groups in total. The van der Waals surface area contributed by atoms with Gasteiger partial charge in [-0.05, 0) is 29.3 Å². The van der Waals surface area contributed by atoms with Crippen LogP contribution in [0, 0.1) is 5.41 Å². The molecule has 0 aliphatic carbocycles. The first-order valence-corrected chi connectivity index (χ1v) is 8.96. The maximum Gasteiger partial charge on any atom is 0.267 e. The molecular weight excluding hydrogens is 366 g/mol. The van der Waals surface area contributed by atoms with Crippen LogP contribution in [0.15, 0.2) is 60.8 Å². The Morgan fingerprint density at radius 2 is 1.93 bits per heavy atom. The number of hydrogen-bond acceptors (Lipinski definition) is 5. The zero-order valence-corrected chi connectivity index (χ0v) is 15.5. The molecular formula is C22H19N5O2. The number of benzene rings is 2. The second-order valence-corrected chi connectivity index (χ2v) is 6.52.